The van der Waals surface area contributed by atoms with Gasteiger partial charge in [-0.05, 0) is 18.6 Å². The number of rotatable bonds is 2. The lowest BCUT2D eigenvalue weighted by Gasteiger charge is -2.03. The fourth-order valence-corrected chi connectivity index (χ4v) is 4.15. The first-order valence-electron chi connectivity index (χ1n) is 3.33. The smallest absolute Gasteiger partial charge is 0.0801 e. The lowest BCUT2D eigenvalue weighted by Crippen LogP contribution is -2.03. The highest BCUT2D eigenvalue weighted by atomic mass is 32.2. The van der Waals surface area contributed by atoms with Crippen LogP contribution < -0.4 is 0 Å². The van der Waals surface area contributed by atoms with Gasteiger partial charge in [-0.15, -0.1) is 11.8 Å². The first-order valence-corrected chi connectivity index (χ1v) is 5.76. The van der Waals surface area contributed by atoms with E-state index in [0.717, 1.165) is 11.5 Å². The first-order chi connectivity index (χ1) is 4.34. The van der Waals surface area contributed by atoms with Gasteiger partial charge in [0.05, 0.1) is 4.58 Å². The summed E-state index contributed by atoms with van der Waals surface area (Å²) in [4.78, 5) is 0. The van der Waals surface area contributed by atoms with Crippen LogP contribution in [0.15, 0.2) is 0 Å². The summed E-state index contributed by atoms with van der Waals surface area (Å²) in [5, 5.41) is 0. The summed E-state index contributed by atoms with van der Waals surface area (Å²) in [6.45, 7) is 2.13. The topological polar surface area (TPSA) is 17.1 Å². The van der Waals surface area contributed by atoms with Crippen molar-refractivity contribution in [1.29, 1.82) is 0 Å². The molecule has 2 unspecified atom stereocenters. The van der Waals surface area contributed by atoms with Crippen molar-refractivity contribution in [3.63, 3.8) is 0 Å². The highest BCUT2D eigenvalue weighted by molar-refractivity contribution is 8.11. The Kier molecular flexibility index (Phi) is 3.06. The molecule has 1 aliphatic rings. The van der Waals surface area contributed by atoms with Crippen molar-refractivity contribution in [3.8, 4) is 0 Å². The highest BCUT2D eigenvalue weighted by Gasteiger charge is 2.21. The van der Waals surface area contributed by atoms with E-state index in [0.29, 0.717) is 4.58 Å². The second-order valence-corrected chi connectivity index (χ2v) is 5.63. The van der Waals surface area contributed by atoms with Gasteiger partial charge in [0, 0.05) is 16.6 Å². The Balaban J connectivity index is 2.31. The van der Waals surface area contributed by atoms with Gasteiger partial charge in [0.1, 0.15) is 0 Å². The molecule has 1 rings (SSSR count). The summed E-state index contributed by atoms with van der Waals surface area (Å²) in [6, 6.07) is 0. The summed E-state index contributed by atoms with van der Waals surface area (Å²) >= 11 is 1.85. The molecule has 0 aliphatic carbocycles. The van der Waals surface area contributed by atoms with Crippen molar-refractivity contribution in [3.05, 3.63) is 0 Å². The van der Waals surface area contributed by atoms with Crippen LogP contribution >= 0.6 is 11.8 Å². The molecule has 1 saturated heterocycles. The Morgan fingerprint density at radius 3 is 3.00 bits per heavy atom. The van der Waals surface area contributed by atoms with Crippen LogP contribution in [0, 0.1) is 0 Å². The lowest BCUT2D eigenvalue weighted by atomic mass is 10.4. The monoisotopic (exact) mass is 164 g/mol. The van der Waals surface area contributed by atoms with E-state index in [2.05, 4.69) is 6.92 Å². The predicted octanol–water partition coefficient (Wildman–Crippen LogP) is 1.61. The SMILES string of the molecule is CCSC1CCCS1=O. The van der Waals surface area contributed by atoms with Crippen molar-refractivity contribution < 1.29 is 4.21 Å². The fourth-order valence-electron chi connectivity index (χ4n) is 1.00. The van der Waals surface area contributed by atoms with Crippen molar-refractivity contribution in [2.24, 2.45) is 0 Å². The Hall–Kier alpha value is 0.500. The zero-order valence-corrected chi connectivity index (χ0v) is 7.26. The molecule has 0 amide bonds. The van der Waals surface area contributed by atoms with Gasteiger partial charge in [-0.1, -0.05) is 6.92 Å². The van der Waals surface area contributed by atoms with Gasteiger partial charge in [-0.2, -0.15) is 0 Å². The molecule has 0 aromatic heterocycles. The molecule has 1 aliphatic heterocycles. The fraction of sp³-hybridized carbons (Fsp3) is 1.00. The molecule has 1 heterocycles. The van der Waals surface area contributed by atoms with E-state index in [-0.39, 0.29) is 0 Å². The minimum atomic E-state index is -0.498. The summed E-state index contributed by atoms with van der Waals surface area (Å²) in [7, 11) is -0.498. The first kappa shape index (κ1) is 7.61. The highest BCUT2D eigenvalue weighted by Crippen LogP contribution is 2.25. The van der Waals surface area contributed by atoms with Gasteiger partial charge in [-0.3, -0.25) is 4.21 Å². The van der Waals surface area contributed by atoms with Gasteiger partial charge in [0.15, 0.2) is 0 Å². The van der Waals surface area contributed by atoms with Crippen molar-refractivity contribution >= 4 is 22.6 Å². The van der Waals surface area contributed by atoms with Gasteiger partial charge in [0.2, 0.25) is 0 Å². The van der Waals surface area contributed by atoms with Crippen LogP contribution in [0.2, 0.25) is 0 Å². The number of hydrogen-bond acceptors (Lipinski definition) is 2. The molecule has 1 nitrogen and oxygen atoms in total. The van der Waals surface area contributed by atoms with Crippen LogP contribution in [-0.4, -0.2) is 20.3 Å². The normalized spacial score (nSPS) is 35.2. The summed E-state index contributed by atoms with van der Waals surface area (Å²) < 4.78 is 11.5. The van der Waals surface area contributed by atoms with Crippen LogP contribution in [0.4, 0.5) is 0 Å². The van der Waals surface area contributed by atoms with Gasteiger partial charge < -0.3 is 0 Å². The van der Waals surface area contributed by atoms with Gasteiger partial charge in [0.25, 0.3) is 0 Å². The Labute approximate surface area is 63.1 Å². The zero-order valence-electron chi connectivity index (χ0n) is 5.63. The minimum Gasteiger partial charge on any atom is -0.258 e. The van der Waals surface area contributed by atoms with E-state index in [1.165, 1.54) is 12.8 Å². The Morgan fingerprint density at radius 1 is 1.78 bits per heavy atom. The van der Waals surface area contributed by atoms with Crippen molar-refractivity contribution in [1.82, 2.24) is 0 Å². The lowest BCUT2D eigenvalue weighted by molar-refractivity contribution is 0.686. The van der Waals surface area contributed by atoms with E-state index in [1.54, 1.807) is 0 Å². The third-order valence-corrected chi connectivity index (χ3v) is 4.94. The number of thioether (sulfide) groups is 1. The van der Waals surface area contributed by atoms with E-state index < -0.39 is 10.8 Å². The zero-order chi connectivity index (χ0) is 6.69. The Bertz CT molecular complexity index is 114. The number of hydrogen-bond donors (Lipinski definition) is 0. The van der Waals surface area contributed by atoms with Crippen LogP contribution in [0.5, 0.6) is 0 Å². The van der Waals surface area contributed by atoms with Gasteiger partial charge in [-0.25, -0.2) is 0 Å². The maximum Gasteiger partial charge on any atom is 0.0801 e. The molecule has 0 radical (unpaired) electrons. The Morgan fingerprint density at radius 2 is 2.56 bits per heavy atom. The van der Waals surface area contributed by atoms with Crippen molar-refractivity contribution in [2.75, 3.05) is 11.5 Å². The predicted molar refractivity (Wildman–Crippen MR) is 44.2 cm³/mol. The molecule has 1 fully saturated rings. The third kappa shape index (κ3) is 1.97. The average molecular weight is 164 g/mol. The third-order valence-electron chi connectivity index (χ3n) is 1.43. The minimum absolute atomic E-state index is 0.468. The molecule has 54 valence electrons. The van der Waals surface area contributed by atoms with E-state index in [4.69, 9.17) is 0 Å². The quantitative estimate of drug-likeness (QED) is 0.617. The maximum atomic E-state index is 11.1. The summed E-state index contributed by atoms with van der Waals surface area (Å²) in [6.07, 6.45) is 2.34. The van der Waals surface area contributed by atoms with E-state index >= 15 is 0 Å². The van der Waals surface area contributed by atoms with Crippen LogP contribution in [0.25, 0.3) is 0 Å². The second kappa shape index (κ2) is 3.62. The molecular formula is C6H12OS2. The molecule has 3 heteroatoms. The van der Waals surface area contributed by atoms with E-state index in [9.17, 15) is 4.21 Å². The standard InChI is InChI=1S/C6H12OS2/c1-2-8-6-4-3-5-9(6)7/h6H,2-5H2,1H3. The molecule has 9 heavy (non-hydrogen) atoms. The van der Waals surface area contributed by atoms with Gasteiger partial charge >= 0.3 is 0 Å². The molecule has 0 spiro atoms. The second-order valence-electron chi connectivity index (χ2n) is 2.11. The van der Waals surface area contributed by atoms with Crippen LogP contribution in [-0.2, 0) is 10.8 Å². The molecule has 0 aromatic rings. The summed E-state index contributed by atoms with van der Waals surface area (Å²) in [5.74, 6) is 2.05. The van der Waals surface area contributed by atoms with E-state index in [1.807, 2.05) is 11.8 Å². The summed E-state index contributed by atoms with van der Waals surface area (Å²) in [5.41, 5.74) is 0. The largest absolute Gasteiger partial charge is 0.258 e. The van der Waals surface area contributed by atoms with Crippen LogP contribution in [0.3, 0.4) is 0 Å². The average Bonchev–Trinajstić information content (AvgIpc) is 2.18. The molecular weight excluding hydrogens is 152 g/mol. The molecule has 0 N–H and O–H groups in total. The molecule has 0 bridgehead atoms. The molecule has 0 saturated carbocycles. The molecule has 2 atom stereocenters. The maximum absolute atomic E-state index is 11.1. The van der Waals surface area contributed by atoms with Crippen molar-refractivity contribution in [2.45, 2.75) is 24.3 Å². The van der Waals surface area contributed by atoms with Crippen LogP contribution in [0.1, 0.15) is 19.8 Å². The molecule has 0 aromatic carbocycles.